The van der Waals surface area contributed by atoms with Crippen LogP contribution in [0.1, 0.15) is 33.6 Å². The Morgan fingerprint density at radius 3 is 2.56 bits per heavy atom. The maximum absolute atomic E-state index is 13.8. The monoisotopic (exact) mass is 533 g/mol. The molecule has 36 heavy (non-hydrogen) atoms. The summed E-state index contributed by atoms with van der Waals surface area (Å²) < 4.78 is 51.9. The lowest BCUT2D eigenvalue weighted by Gasteiger charge is -2.43. The van der Waals surface area contributed by atoms with Gasteiger partial charge < -0.3 is 15.3 Å². The predicted octanol–water partition coefficient (Wildman–Crippen LogP) is 3.38. The Hall–Kier alpha value is -2.79. The zero-order valence-electron chi connectivity index (χ0n) is 20.6. The Kier molecular flexibility index (Phi) is 5.60. The molecule has 1 aromatic carbocycles. The molecule has 2 aliphatic carbocycles. The van der Waals surface area contributed by atoms with Crippen LogP contribution >= 0.6 is 0 Å². The number of hydrogen-bond acceptors (Lipinski definition) is 7. The number of aliphatic hydroxyl groups is 1. The normalized spacial score (nSPS) is 28.5. The smallest absolute Gasteiger partial charge is 0.259 e. The van der Waals surface area contributed by atoms with Crippen molar-refractivity contribution in [3.05, 3.63) is 52.8 Å². The van der Waals surface area contributed by atoms with E-state index in [2.05, 4.69) is 43.0 Å². The van der Waals surface area contributed by atoms with Crippen LogP contribution in [0.15, 0.2) is 57.7 Å². The molecule has 4 atom stereocenters. The summed E-state index contributed by atoms with van der Waals surface area (Å²) in [5.41, 5.74) is 0.322. The third-order valence-corrected chi connectivity index (χ3v) is 9.43. The first-order valence-corrected chi connectivity index (χ1v) is 15.4. The summed E-state index contributed by atoms with van der Waals surface area (Å²) in [4.78, 5) is 15.5. The van der Waals surface area contributed by atoms with Gasteiger partial charge in [-0.2, -0.15) is 0 Å². The fourth-order valence-electron chi connectivity index (χ4n) is 5.75. The summed E-state index contributed by atoms with van der Waals surface area (Å²) in [5, 5.41) is 15.3. The summed E-state index contributed by atoms with van der Waals surface area (Å²) >= 11 is 0. The Morgan fingerprint density at radius 1 is 1.19 bits per heavy atom. The van der Waals surface area contributed by atoms with Crippen molar-refractivity contribution in [1.29, 1.82) is 0 Å². The predicted molar refractivity (Wildman–Crippen MR) is 137 cm³/mol. The van der Waals surface area contributed by atoms with Gasteiger partial charge in [-0.05, 0) is 48.3 Å². The van der Waals surface area contributed by atoms with Crippen molar-refractivity contribution in [2.45, 2.75) is 44.6 Å². The van der Waals surface area contributed by atoms with Crippen LogP contribution in [0.4, 0.5) is 11.4 Å². The standard InChI is InChI=1S/C25H31N3O6S2/c1-25(2,3)9-10-28-22-15-6-5-14(11-15)20(22)23(29)21(24(28)30)18-13-36(33,34)19-12-16(27-35(4,31)32)7-8-17(19)26-18/h5-8,12-15,20,22,26-27,29H,9-11H2,1-4H3. The third-order valence-electron chi connectivity index (χ3n) is 7.33. The quantitative estimate of drug-likeness (QED) is 0.494. The molecular formula is C25H31N3O6S2. The van der Waals surface area contributed by atoms with E-state index < -0.39 is 19.9 Å². The maximum Gasteiger partial charge on any atom is 0.259 e. The van der Waals surface area contributed by atoms with Gasteiger partial charge >= 0.3 is 0 Å². The van der Waals surface area contributed by atoms with E-state index in [-0.39, 0.29) is 68.4 Å². The second-order valence-electron chi connectivity index (χ2n) is 11.3. The molecule has 4 aliphatic rings. The van der Waals surface area contributed by atoms with Crippen LogP contribution in [0.3, 0.4) is 0 Å². The third kappa shape index (κ3) is 4.32. The summed E-state index contributed by atoms with van der Waals surface area (Å²) in [6.45, 7) is 6.83. The number of carbonyl (C=O) groups excluding carboxylic acids is 1. The SMILES string of the molecule is CC(C)(C)CCN1C(=O)C(C2=CS(=O)(=O)c3cc(NS(C)(=O)=O)ccc3N2)=C(O)C2C3C=CC(C3)C21. The molecule has 0 radical (unpaired) electrons. The van der Waals surface area contributed by atoms with Gasteiger partial charge in [-0.15, -0.1) is 0 Å². The number of nitrogens with zero attached hydrogens (tertiary/aromatic N) is 1. The molecular weight excluding hydrogens is 502 g/mol. The molecule has 11 heteroatoms. The lowest BCUT2D eigenvalue weighted by Crippen LogP contribution is -2.53. The van der Waals surface area contributed by atoms with Crippen LogP contribution in [-0.2, 0) is 24.7 Å². The molecule has 9 nitrogen and oxygen atoms in total. The molecule has 194 valence electrons. The number of nitrogens with one attached hydrogen (secondary N) is 2. The topological polar surface area (TPSA) is 133 Å². The van der Waals surface area contributed by atoms with Crippen molar-refractivity contribution in [1.82, 2.24) is 4.90 Å². The number of hydrogen-bond donors (Lipinski definition) is 3. The van der Waals surface area contributed by atoms with Gasteiger partial charge in [0.05, 0.1) is 27.9 Å². The molecule has 1 saturated carbocycles. The van der Waals surface area contributed by atoms with Crippen molar-refractivity contribution in [2.75, 3.05) is 22.8 Å². The number of benzene rings is 1. The first-order valence-electron chi connectivity index (χ1n) is 11.9. The van der Waals surface area contributed by atoms with E-state index in [9.17, 15) is 26.7 Å². The van der Waals surface area contributed by atoms with Gasteiger partial charge in [-0.25, -0.2) is 16.8 Å². The fraction of sp³-hybridized carbons (Fsp3) is 0.480. The molecule has 2 heterocycles. The van der Waals surface area contributed by atoms with Gasteiger partial charge in [-0.3, -0.25) is 9.52 Å². The van der Waals surface area contributed by atoms with E-state index in [0.29, 0.717) is 6.54 Å². The van der Waals surface area contributed by atoms with Gasteiger partial charge in [0.15, 0.2) is 0 Å². The Labute approximate surface area is 211 Å². The Bertz CT molecular complexity index is 1450. The van der Waals surface area contributed by atoms with Crippen molar-refractivity contribution < 1.29 is 26.7 Å². The number of carbonyl (C=O) groups is 1. The van der Waals surface area contributed by atoms with Crippen molar-refractivity contribution in [3.8, 4) is 0 Å². The van der Waals surface area contributed by atoms with Crippen LogP contribution in [0.25, 0.3) is 0 Å². The number of amides is 1. The van der Waals surface area contributed by atoms with Crippen molar-refractivity contribution in [2.24, 2.45) is 23.2 Å². The summed E-state index contributed by atoms with van der Waals surface area (Å²) in [7, 11) is -7.64. The van der Waals surface area contributed by atoms with Crippen LogP contribution in [0, 0.1) is 23.2 Å². The molecule has 4 unspecified atom stereocenters. The number of sulfone groups is 1. The molecule has 2 bridgehead atoms. The molecule has 2 aliphatic heterocycles. The van der Waals surface area contributed by atoms with Gasteiger partial charge in [-0.1, -0.05) is 32.9 Å². The Morgan fingerprint density at radius 2 is 1.89 bits per heavy atom. The van der Waals surface area contributed by atoms with E-state index in [4.69, 9.17) is 0 Å². The minimum absolute atomic E-state index is 0.00501. The Balaban J connectivity index is 1.56. The van der Waals surface area contributed by atoms with Crippen molar-refractivity contribution in [3.63, 3.8) is 0 Å². The highest BCUT2D eigenvalue weighted by molar-refractivity contribution is 7.94. The average Bonchev–Trinajstić information content (AvgIpc) is 3.34. The van der Waals surface area contributed by atoms with Gasteiger partial charge in [0.25, 0.3) is 5.91 Å². The lowest BCUT2D eigenvalue weighted by molar-refractivity contribution is -0.133. The zero-order valence-corrected chi connectivity index (χ0v) is 22.3. The molecule has 1 aromatic rings. The lowest BCUT2D eigenvalue weighted by atomic mass is 9.80. The van der Waals surface area contributed by atoms with Crippen molar-refractivity contribution >= 4 is 37.1 Å². The molecule has 1 fully saturated rings. The molecule has 0 spiro atoms. The zero-order chi connectivity index (χ0) is 26.2. The first-order chi connectivity index (χ1) is 16.6. The number of sulfonamides is 1. The number of aliphatic hydroxyl groups excluding tert-OH is 1. The van der Waals surface area contributed by atoms with Crippen LogP contribution in [-0.4, -0.2) is 51.6 Å². The van der Waals surface area contributed by atoms with Gasteiger partial charge in [0.2, 0.25) is 19.9 Å². The van der Waals surface area contributed by atoms with E-state index in [1.54, 1.807) is 0 Å². The molecule has 3 N–H and O–H groups in total. The maximum atomic E-state index is 13.8. The number of fused-ring (bicyclic) bond motifs is 6. The highest BCUT2D eigenvalue weighted by Gasteiger charge is 2.55. The summed E-state index contributed by atoms with van der Waals surface area (Å²) in [6.07, 6.45) is 6.81. The second kappa shape index (κ2) is 8.11. The van der Waals surface area contributed by atoms with E-state index in [1.165, 1.54) is 18.2 Å². The minimum atomic E-state index is -4.04. The van der Waals surface area contributed by atoms with E-state index >= 15 is 0 Å². The largest absolute Gasteiger partial charge is 0.511 e. The first kappa shape index (κ1) is 24.9. The van der Waals surface area contributed by atoms with E-state index in [0.717, 1.165) is 24.5 Å². The van der Waals surface area contributed by atoms with Crippen LogP contribution in [0.2, 0.25) is 0 Å². The average molecular weight is 534 g/mol. The van der Waals surface area contributed by atoms with Crippen LogP contribution in [0.5, 0.6) is 0 Å². The fourth-order valence-corrected chi connectivity index (χ4v) is 7.64. The molecule has 5 rings (SSSR count). The number of rotatable bonds is 5. The molecule has 0 saturated heterocycles. The number of anilines is 2. The van der Waals surface area contributed by atoms with E-state index in [1.807, 2.05) is 4.90 Å². The highest BCUT2D eigenvalue weighted by atomic mass is 32.2. The molecule has 0 aromatic heterocycles. The van der Waals surface area contributed by atoms with Gasteiger partial charge in [0, 0.05) is 24.2 Å². The second-order valence-corrected chi connectivity index (χ2v) is 14.8. The van der Waals surface area contributed by atoms with Gasteiger partial charge in [0.1, 0.15) is 11.3 Å². The minimum Gasteiger partial charge on any atom is -0.511 e. The molecule has 1 amide bonds. The summed E-state index contributed by atoms with van der Waals surface area (Å²) in [6, 6.07) is 3.97. The highest BCUT2D eigenvalue weighted by Crippen LogP contribution is 2.52. The van der Waals surface area contributed by atoms with Crippen LogP contribution < -0.4 is 10.0 Å². The summed E-state index contributed by atoms with van der Waals surface area (Å²) in [5.74, 6) is -0.460. The number of allylic oxidation sites excluding steroid dienone is 1.